The number of benzene rings is 1. The number of aryl methyl sites for hydroxylation is 1. The number of aliphatic hydroxyl groups is 1. The third kappa shape index (κ3) is 3.01. The molecule has 1 aromatic rings. The van der Waals surface area contributed by atoms with Crippen molar-refractivity contribution in [3.63, 3.8) is 0 Å². The Hall–Kier alpha value is -1.02. The number of hydrogen-bond acceptors (Lipinski definition) is 2. The molecule has 0 amide bonds. The van der Waals surface area contributed by atoms with Crippen LogP contribution in [0.5, 0.6) is 0 Å². The van der Waals surface area contributed by atoms with Gasteiger partial charge in [0.15, 0.2) is 0 Å². The fourth-order valence-corrected chi connectivity index (χ4v) is 2.54. The number of anilines is 1. The van der Waals surface area contributed by atoms with Crippen LogP contribution in [-0.2, 0) is 0 Å². The fourth-order valence-electron chi connectivity index (χ4n) is 2.54. The first-order valence-corrected chi connectivity index (χ1v) is 6.51. The number of piperidine rings is 1. The summed E-state index contributed by atoms with van der Waals surface area (Å²) in [5, 5.41) is 10.1. The largest absolute Gasteiger partial charge is 0.390 e. The van der Waals surface area contributed by atoms with Crippen LogP contribution >= 0.6 is 0 Å². The topological polar surface area (TPSA) is 23.5 Å². The van der Waals surface area contributed by atoms with Crippen molar-refractivity contribution in [1.82, 2.24) is 0 Å². The highest BCUT2D eigenvalue weighted by atomic mass is 16.3. The number of nitrogens with zero attached hydrogens (tertiary/aromatic N) is 1. The van der Waals surface area contributed by atoms with Gasteiger partial charge >= 0.3 is 0 Å². The molecule has 1 fully saturated rings. The average molecular weight is 233 g/mol. The standard InChI is InChI=1S/C15H23NO/c1-12-6-8-14(9-7-12)16-10-4-5-13(11-16)15(2,3)17/h6-9,13,17H,4-5,10-11H2,1-3H3/t13-/m1/s1. The van der Waals surface area contributed by atoms with E-state index in [1.54, 1.807) is 0 Å². The van der Waals surface area contributed by atoms with Crippen molar-refractivity contribution in [3.05, 3.63) is 29.8 Å². The number of rotatable bonds is 2. The van der Waals surface area contributed by atoms with Crippen molar-refractivity contribution in [3.8, 4) is 0 Å². The summed E-state index contributed by atoms with van der Waals surface area (Å²) in [5.41, 5.74) is 2.01. The molecular weight excluding hydrogens is 210 g/mol. The predicted octanol–water partition coefficient (Wildman–Crippen LogP) is 2.98. The summed E-state index contributed by atoms with van der Waals surface area (Å²) >= 11 is 0. The summed E-state index contributed by atoms with van der Waals surface area (Å²) in [4.78, 5) is 2.39. The van der Waals surface area contributed by atoms with Crippen molar-refractivity contribution in [1.29, 1.82) is 0 Å². The molecule has 2 nitrogen and oxygen atoms in total. The molecule has 0 radical (unpaired) electrons. The average Bonchev–Trinajstić information content (AvgIpc) is 2.29. The maximum Gasteiger partial charge on any atom is 0.0636 e. The van der Waals surface area contributed by atoms with Crippen LogP contribution in [-0.4, -0.2) is 23.8 Å². The minimum Gasteiger partial charge on any atom is -0.390 e. The molecule has 1 heterocycles. The lowest BCUT2D eigenvalue weighted by molar-refractivity contribution is 0.0110. The predicted molar refractivity (Wildman–Crippen MR) is 72.4 cm³/mol. The smallest absolute Gasteiger partial charge is 0.0636 e. The van der Waals surface area contributed by atoms with Crippen LogP contribution in [0.1, 0.15) is 32.3 Å². The fraction of sp³-hybridized carbons (Fsp3) is 0.600. The molecule has 1 aliphatic rings. The van der Waals surface area contributed by atoms with Gasteiger partial charge in [-0.3, -0.25) is 0 Å². The highest BCUT2D eigenvalue weighted by molar-refractivity contribution is 5.47. The molecule has 0 aliphatic carbocycles. The summed E-state index contributed by atoms with van der Waals surface area (Å²) in [6.45, 7) is 8.04. The van der Waals surface area contributed by atoms with Gasteiger partial charge in [-0.15, -0.1) is 0 Å². The maximum absolute atomic E-state index is 10.1. The molecule has 1 N–H and O–H groups in total. The third-order valence-corrected chi connectivity index (χ3v) is 3.82. The van der Waals surface area contributed by atoms with Crippen molar-refractivity contribution in [2.75, 3.05) is 18.0 Å². The molecule has 2 heteroatoms. The summed E-state index contributed by atoms with van der Waals surface area (Å²) in [6, 6.07) is 8.68. The van der Waals surface area contributed by atoms with E-state index in [0.717, 1.165) is 19.5 Å². The zero-order chi connectivity index (χ0) is 12.5. The van der Waals surface area contributed by atoms with Crippen LogP contribution < -0.4 is 4.90 Å². The Morgan fingerprint density at radius 2 is 1.88 bits per heavy atom. The molecule has 1 saturated heterocycles. The minimum absolute atomic E-state index is 0.373. The monoisotopic (exact) mass is 233 g/mol. The minimum atomic E-state index is -0.566. The van der Waals surface area contributed by atoms with E-state index in [0.29, 0.717) is 5.92 Å². The highest BCUT2D eigenvalue weighted by Crippen LogP contribution is 2.29. The SMILES string of the molecule is Cc1ccc(N2CCC[C@@H](C(C)(C)O)C2)cc1. The van der Waals surface area contributed by atoms with Gasteiger partial charge in [0, 0.05) is 24.7 Å². The molecule has 0 bridgehead atoms. The van der Waals surface area contributed by atoms with Crippen molar-refractivity contribution >= 4 is 5.69 Å². The summed E-state index contributed by atoms with van der Waals surface area (Å²) in [5.74, 6) is 0.373. The summed E-state index contributed by atoms with van der Waals surface area (Å²) in [7, 11) is 0. The first-order valence-electron chi connectivity index (χ1n) is 6.51. The molecule has 1 aromatic carbocycles. The van der Waals surface area contributed by atoms with Crippen LogP contribution in [0.2, 0.25) is 0 Å². The zero-order valence-electron chi connectivity index (χ0n) is 11.1. The van der Waals surface area contributed by atoms with E-state index in [-0.39, 0.29) is 0 Å². The van der Waals surface area contributed by atoms with Crippen LogP contribution in [0, 0.1) is 12.8 Å². The lowest BCUT2D eigenvalue weighted by atomic mass is 9.84. The van der Waals surface area contributed by atoms with Crippen molar-refractivity contribution in [2.45, 2.75) is 39.2 Å². The van der Waals surface area contributed by atoms with Crippen molar-refractivity contribution < 1.29 is 5.11 Å². The first kappa shape index (κ1) is 12.4. The molecule has 0 spiro atoms. The molecular formula is C15H23NO. The zero-order valence-corrected chi connectivity index (χ0v) is 11.1. The second kappa shape index (κ2) is 4.69. The Morgan fingerprint density at radius 1 is 1.24 bits per heavy atom. The van der Waals surface area contributed by atoms with Crippen LogP contribution in [0.15, 0.2) is 24.3 Å². The highest BCUT2D eigenvalue weighted by Gasteiger charge is 2.31. The van der Waals surface area contributed by atoms with Crippen LogP contribution in [0.25, 0.3) is 0 Å². The lowest BCUT2D eigenvalue weighted by Crippen LogP contribution is -2.44. The van der Waals surface area contributed by atoms with E-state index in [4.69, 9.17) is 0 Å². The quantitative estimate of drug-likeness (QED) is 0.849. The normalized spacial score (nSPS) is 21.6. The maximum atomic E-state index is 10.1. The summed E-state index contributed by atoms with van der Waals surface area (Å²) < 4.78 is 0. The van der Waals surface area contributed by atoms with Crippen molar-refractivity contribution in [2.24, 2.45) is 5.92 Å². The van der Waals surface area contributed by atoms with Gasteiger partial charge in [0.25, 0.3) is 0 Å². The van der Waals surface area contributed by atoms with Crippen LogP contribution in [0.4, 0.5) is 5.69 Å². The van der Waals surface area contributed by atoms with E-state index in [9.17, 15) is 5.11 Å². The van der Waals surface area contributed by atoms with E-state index in [1.165, 1.54) is 17.7 Å². The Kier molecular flexibility index (Phi) is 3.43. The first-order chi connectivity index (χ1) is 7.97. The van der Waals surface area contributed by atoms with Gasteiger partial charge in [0.2, 0.25) is 0 Å². The van der Waals surface area contributed by atoms with Gasteiger partial charge in [0.05, 0.1) is 5.60 Å². The second-order valence-electron chi connectivity index (χ2n) is 5.77. The van der Waals surface area contributed by atoms with Gasteiger partial charge < -0.3 is 10.0 Å². The van der Waals surface area contributed by atoms with Gasteiger partial charge in [-0.25, -0.2) is 0 Å². The van der Waals surface area contributed by atoms with Crippen LogP contribution in [0.3, 0.4) is 0 Å². The van der Waals surface area contributed by atoms with E-state index >= 15 is 0 Å². The molecule has 17 heavy (non-hydrogen) atoms. The van der Waals surface area contributed by atoms with E-state index < -0.39 is 5.60 Å². The molecule has 0 aromatic heterocycles. The Balaban J connectivity index is 2.09. The van der Waals surface area contributed by atoms with Gasteiger partial charge in [-0.1, -0.05) is 17.7 Å². The summed E-state index contributed by atoms with van der Waals surface area (Å²) in [6.07, 6.45) is 2.30. The Bertz CT molecular complexity index is 364. The molecule has 1 aliphatic heterocycles. The van der Waals surface area contributed by atoms with Gasteiger partial charge in [-0.05, 0) is 45.7 Å². The molecule has 0 unspecified atom stereocenters. The van der Waals surface area contributed by atoms with Gasteiger partial charge in [0.1, 0.15) is 0 Å². The van der Waals surface area contributed by atoms with Gasteiger partial charge in [-0.2, -0.15) is 0 Å². The molecule has 94 valence electrons. The Morgan fingerprint density at radius 3 is 2.47 bits per heavy atom. The molecule has 1 atom stereocenters. The lowest BCUT2D eigenvalue weighted by Gasteiger charge is -2.39. The Labute approximate surface area is 104 Å². The molecule has 2 rings (SSSR count). The van der Waals surface area contributed by atoms with E-state index in [2.05, 4.69) is 36.1 Å². The number of hydrogen-bond donors (Lipinski definition) is 1. The van der Waals surface area contributed by atoms with E-state index in [1.807, 2.05) is 13.8 Å². The molecule has 0 saturated carbocycles. The second-order valence-corrected chi connectivity index (χ2v) is 5.77. The third-order valence-electron chi connectivity index (χ3n) is 3.82.